The zero-order valence-electron chi connectivity index (χ0n) is 10.9. The molecule has 1 heterocycles. The smallest absolute Gasteiger partial charge is 0.306 e. The number of aliphatic carboxylic acids is 1. The quantitative estimate of drug-likeness (QED) is 0.707. The zero-order valence-corrected chi connectivity index (χ0v) is 10.9. The molecule has 0 saturated carbocycles. The fourth-order valence-electron chi connectivity index (χ4n) is 1.84. The highest BCUT2D eigenvalue weighted by Crippen LogP contribution is 2.17. The number of hydrogen-bond donors (Lipinski definition) is 2. The van der Waals surface area contributed by atoms with Crippen LogP contribution < -0.4 is 5.32 Å². The summed E-state index contributed by atoms with van der Waals surface area (Å²) in [6.07, 6.45) is 6.37. The second-order valence-electron chi connectivity index (χ2n) is 5.12. The van der Waals surface area contributed by atoms with Crippen molar-refractivity contribution in [3.8, 4) is 12.3 Å². The molecule has 0 bridgehead atoms. The van der Waals surface area contributed by atoms with Gasteiger partial charge in [-0.3, -0.25) is 14.9 Å². The third kappa shape index (κ3) is 4.04. The van der Waals surface area contributed by atoms with E-state index in [9.17, 15) is 9.59 Å². The van der Waals surface area contributed by atoms with E-state index >= 15 is 0 Å². The van der Waals surface area contributed by atoms with E-state index in [1.54, 1.807) is 4.90 Å². The Hall–Kier alpha value is -1.54. The Morgan fingerprint density at radius 1 is 1.44 bits per heavy atom. The van der Waals surface area contributed by atoms with Gasteiger partial charge in [0.25, 0.3) is 0 Å². The Morgan fingerprint density at radius 3 is 2.44 bits per heavy atom. The second kappa shape index (κ2) is 5.87. The van der Waals surface area contributed by atoms with Gasteiger partial charge in [0, 0.05) is 13.1 Å². The average Bonchev–Trinajstić information content (AvgIpc) is 2.36. The van der Waals surface area contributed by atoms with Gasteiger partial charge in [0.15, 0.2) is 0 Å². The van der Waals surface area contributed by atoms with Gasteiger partial charge in [0.05, 0.1) is 18.0 Å². The van der Waals surface area contributed by atoms with E-state index in [1.165, 1.54) is 0 Å². The molecule has 1 aliphatic heterocycles. The molecule has 1 saturated heterocycles. The molecule has 2 N–H and O–H groups in total. The number of nitrogens with zero attached hydrogens (tertiary/aromatic N) is 1. The Morgan fingerprint density at radius 2 is 2.00 bits per heavy atom. The predicted octanol–water partition coefficient (Wildman–Crippen LogP) is 0.311. The molecule has 0 radical (unpaired) electrons. The lowest BCUT2D eigenvalue weighted by Crippen LogP contribution is -2.48. The first-order chi connectivity index (χ1) is 8.35. The summed E-state index contributed by atoms with van der Waals surface area (Å²) in [6.45, 7) is 4.87. The third-order valence-electron chi connectivity index (χ3n) is 3.24. The van der Waals surface area contributed by atoms with E-state index in [1.807, 2.05) is 13.8 Å². The number of carbonyl (C=O) groups is 2. The fraction of sp³-hybridized carbons (Fsp3) is 0.692. The molecule has 1 amide bonds. The van der Waals surface area contributed by atoms with Crippen LogP contribution in [0, 0.1) is 18.3 Å². The van der Waals surface area contributed by atoms with Crippen molar-refractivity contribution in [2.45, 2.75) is 32.2 Å². The topological polar surface area (TPSA) is 69.6 Å². The van der Waals surface area contributed by atoms with Crippen LogP contribution in [-0.2, 0) is 9.59 Å². The number of likely N-dealkylation sites (tertiary alicyclic amines) is 1. The van der Waals surface area contributed by atoms with Gasteiger partial charge in [-0.2, -0.15) is 0 Å². The highest BCUT2D eigenvalue weighted by Gasteiger charge is 2.27. The van der Waals surface area contributed by atoms with Crippen LogP contribution in [0.5, 0.6) is 0 Å². The summed E-state index contributed by atoms with van der Waals surface area (Å²) in [6, 6.07) is 0. The van der Waals surface area contributed by atoms with Crippen molar-refractivity contribution in [3.05, 3.63) is 0 Å². The lowest BCUT2D eigenvalue weighted by atomic mass is 9.97. The molecule has 0 unspecified atom stereocenters. The summed E-state index contributed by atoms with van der Waals surface area (Å²) in [5.41, 5.74) is -0.505. The van der Waals surface area contributed by atoms with Crippen LogP contribution in [0.3, 0.4) is 0 Å². The first-order valence-electron chi connectivity index (χ1n) is 6.09. The van der Waals surface area contributed by atoms with Gasteiger partial charge in [0.2, 0.25) is 5.91 Å². The van der Waals surface area contributed by atoms with Crippen LogP contribution in [0.25, 0.3) is 0 Å². The van der Waals surface area contributed by atoms with E-state index < -0.39 is 11.5 Å². The van der Waals surface area contributed by atoms with Gasteiger partial charge in [-0.25, -0.2) is 0 Å². The van der Waals surface area contributed by atoms with Crippen molar-refractivity contribution in [2.24, 2.45) is 5.92 Å². The summed E-state index contributed by atoms with van der Waals surface area (Å²) in [5.74, 6) is 1.45. The van der Waals surface area contributed by atoms with Crippen molar-refractivity contribution in [2.75, 3.05) is 19.6 Å². The van der Waals surface area contributed by atoms with Gasteiger partial charge in [-0.1, -0.05) is 5.92 Å². The maximum atomic E-state index is 11.9. The summed E-state index contributed by atoms with van der Waals surface area (Å²) in [7, 11) is 0. The Balaban J connectivity index is 2.37. The zero-order chi connectivity index (χ0) is 13.8. The molecule has 0 atom stereocenters. The van der Waals surface area contributed by atoms with Crippen LogP contribution in [0.1, 0.15) is 26.7 Å². The maximum Gasteiger partial charge on any atom is 0.306 e. The van der Waals surface area contributed by atoms with Gasteiger partial charge in [0.1, 0.15) is 0 Å². The number of terminal acetylenes is 1. The van der Waals surface area contributed by atoms with Crippen LogP contribution in [0.15, 0.2) is 0 Å². The van der Waals surface area contributed by atoms with E-state index in [2.05, 4.69) is 11.2 Å². The molecular weight excluding hydrogens is 232 g/mol. The number of nitrogens with one attached hydrogen (secondary N) is 1. The number of amides is 1. The summed E-state index contributed by atoms with van der Waals surface area (Å²) >= 11 is 0. The molecular formula is C13H20N2O3. The van der Waals surface area contributed by atoms with Crippen LogP contribution in [0.4, 0.5) is 0 Å². The number of carboxylic acids is 1. The minimum absolute atomic E-state index is 0.0258. The monoisotopic (exact) mass is 252 g/mol. The minimum atomic E-state index is -0.770. The second-order valence-corrected chi connectivity index (χ2v) is 5.12. The Kier molecular flexibility index (Phi) is 4.74. The van der Waals surface area contributed by atoms with E-state index in [-0.39, 0.29) is 18.4 Å². The summed E-state index contributed by atoms with van der Waals surface area (Å²) < 4.78 is 0. The molecule has 5 nitrogen and oxygen atoms in total. The predicted molar refractivity (Wildman–Crippen MR) is 67.9 cm³/mol. The Bertz CT molecular complexity index is 363. The van der Waals surface area contributed by atoms with E-state index in [0.29, 0.717) is 25.9 Å². The lowest BCUT2D eigenvalue weighted by Gasteiger charge is -2.31. The van der Waals surface area contributed by atoms with Crippen molar-refractivity contribution < 1.29 is 14.7 Å². The first-order valence-corrected chi connectivity index (χ1v) is 6.09. The third-order valence-corrected chi connectivity index (χ3v) is 3.24. The number of carbonyl (C=O) groups excluding carboxylic acids is 1. The van der Waals surface area contributed by atoms with Crippen molar-refractivity contribution >= 4 is 11.9 Å². The number of hydrogen-bond acceptors (Lipinski definition) is 3. The molecule has 5 heteroatoms. The molecule has 18 heavy (non-hydrogen) atoms. The SMILES string of the molecule is C#CC(C)(C)NCC(=O)N1CCC(C(=O)O)CC1. The normalized spacial score (nSPS) is 17.3. The molecule has 1 fully saturated rings. The molecule has 1 rings (SSSR count). The first kappa shape index (κ1) is 14.5. The van der Waals surface area contributed by atoms with Crippen LogP contribution in [-0.4, -0.2) is 47.1 Å². The number of carboxylic acid groups (broad SMARTS) is 1. The lowest BCUT2D eigenvalue weighted by molar-refractivity contribution is -0.145. The number of rotatable bonds is 4. The minimum Gasteiger partial charge on any atom is -0.481 e. The van der Waals surface area contributed by atoms with Crippen LogP contribution in [0.2, 0.25) is 0 Å². The van der Waals surface area contributed by atoms with Gasteiger partial charge in [-0.05, 0) is 26.7 Å². The van der Waals surface area contributed by atoms with Gasteiger partial charge >= 0.3 is 5.97 Å². The van der Waals surface area contributed by atoms with Gasteiger partial charge in [-0.15, -0.1) is 6.42 Å². The van der Waals surface area contributed by atoms with E-state index in [4.69, 9.17) is 11.5 Å². The highest BCUT2D eigenvalue weighted by molar-refractivity contribution is 5.79. The molecule has 0 aliphatic carbocycles. The summed E-state index contributed by atoms with van der Waals surface area (Å²) in [4.78, 5) is 24.4. The molecule has 100 valence electrons. The average molecular weight is 252 g/mol. The standard InChI is InChI=1S/C13H20N2O3/c1-4-13(2,3)14-9-11(16)15-7-5-10(6-8-15)12(17)18/h1,10,14H,5-9H2,2-3H3,(H,17,18). The summed E-state index contributed by atoms with van der Waals surface area (Å²) in [5, 5.41) is 11.9. The fourth-order valence-corrected chi connectivity index (χ4v) is 1.84. The number of piperidine rings is 1. The van der Waals surface area contributed by atoms with Crippen molar-refractivity contribution in [1.29, 1.82) is 0 Å². The van der Waals surface area contributed by atoms with Crippen LogP contribution >= 0.6 is 0 Å². The molecule has 0 aromatic carbocycles. The molecule has 0 aromatic heterocycles. The van der Waals surface area contributed by atoms with Crippen molar-refractivity contribution in [3.63, 3.8) is 0 Å². The molecule has 0 spiro atoms. The molecule has 1 aliphatic rings. The Labute approximate surface area is 108 Å². The highest BCUT2D eigenvalue weighted by atomic mass is 16.4. The molecule has 0 aromatic rings. The van der Waals surface area contributed by atoms with Crippen molar-refractivity contribution in [1.82, 2.24) is 10.2 Å². The van der Waals surface area contributed by atoms with Gasteiger partial charge < -0.3 is 10.0 Å². The maximum absolute atomic E-state index is 11.9. The largest absolute Gasteiger partial charge is 0.481 e. The van der Waals surface area contributed by atoms with E-state index in [0.717, 1.165) is 0 Å².